The zero-order valence-electron chi connectivity index (χ0n) is 18.0. The van der Waals surface area contributed by atoms with Crippen LogP contribution in [0.4, 0.5) is 10.5 Å². The molecule has 0 spiro atoms. The van der Waals surface area contributed by atoms with Gasteiger partial charge in [-0.05, 0) is 68.6 Å². The third-order valence-electron chi connectivity index (χ3n) is 5.99. The van der Waals surface area contributed by atoms with Crippen molar-refractivity contribution in [3.63, 3.8) is 0 Å². The smallest absolute Gasteiger partial charge is 0.322 e. The first-order valence-corrected chi connectivity index (χ1v) is 11.4. The summed E-state index contributed by atoms with van der Waals surface area (Å²) < 4.78 is 10.9. The third-order valence-corrected chi connectivity index (χ3v) is 6.22. The van der Waals surface area contributed by atoms with Gasteiger partial charge in [-0.15, -0.1) is 0 Å². The normalized spacial score (nSPS) is 18.1. The van der Waals surface area contributed by atoms with E-state index in [1.807, 2.05) is 35.2 Å². The molecule has 1 N–H and O–H groups in total. The number of benzene rings is 2. The molecule has 2 aliphatic heterocycles. The molecule has 1 atom stereocenters. The van der Waals surface area contributed by atoms with Gasteiger partial charge < -0.3 is 24.6 Å². The van der Waals surface area contributed by atoms with Crippen molar-refractivity contribution in [2.45, 2.75) is 45.2 Å². The van der Waals surface area contributed by atoms with Gasteiger partial charge in [0, 0.05) is 36.4 Å². The highest BCUT2D eigenvalue weighted by Crippen LogP contribution is 2.33. The average molecular weight is 444 g/mol. The Morgan fingerprint density at radius 1 is 1.19 bits per heavy atom. The highest BCUT2D eigenvalue weighted by atomic mass is 35.5. The fourth-order valence-corrected chi connectivity index (χ4v) is 4.43. The minimum Gasteiger partial charge on any atom is -0.454 e. The van der Waals surface area contributed by atoms with E-state index in [2.05, 4.69) is 17.1 Å². The van der Waals surface area contributed by atoms with Crippen molar-refractivity contribution in [3.05, 3.63) is 53.1 Å². The average Bonchev–Trinajstić information content (AvgIpc) is 3.22. The molecule has 2 heterocycles. The zero-order valence-corrected chi connectivity index (χ0v) is 18.7. The lowest BCUT2D eigenvalue weighted by Crippen LogP contribution is -2.40. The SMILES string of the molecule is CC1CCCCN1CCCN(Cc1ccc2c(c1)OCO2)C(=O)Nc1cccc(Cl)c1. The Balaban J connectivity index is 1.42. The number of halogens is 1. The number of fused-ring (bicyclic) bond motifs is 1. The second kappa shape index (κ2) is 10.2. The molecule has 2 aromatic carbocycles. The Morgan fingerprint density at radius 3 is 2.90 bits per heavy atom. The number of hydrogen-bond acceptors (Lipinski definition) is 4. The van der Waals surface area contributed by atoms with Crippen molar-refractivity contribution in [3.8, 4) is 11.5 Å². The van der Waals surface area contributed by atoms with Crippen LogP contribution in [-0.2, 0) is 6.54 Å². The minimum atomic E-state index is -0.133. The minimum absolute atomic E-state index is 0.133. The summed E-state index contributed by atoms with van der Waals surface area (Å²) in [6.45, 7) is 5.87. The lowest BCUT2D eigenvalue weighted by Gasteiger charge is -2.34. The Kier molecular flexibility index (Phi) is 7.20. The van der Waals surface area contributed by atoms with Gasteiger partial charge in [0.2, 0.25) is 6.79 Å². The van der Waals surface area contributed by atoms with Gasteiger partial charge in [-0.3, -0.25) is 0 Å². The fraction of sp³-hybridized carbons (Fsp3) is 0.458. The summed E-state index contributed by atoms with van der Waals surface area (Å²) in [6, 6.07) is 13.6. The molecule has 166 valence electrons. The van der Waals surface area contributed by atoms with Crippen LogP contribution in [-0.4, -0.2) is 48.3 Å². The van der Waals surface area contributed by atoms with Crippen LogP contribution in [0.25, 0.3) is 0 Å². The van der Waals surface area contributed by atoms with E-state index in [0.717, 1.165) is 36.6 Å². The number of anilines is 1. The van der Waals surface area contributed by atoms with Crippen molar-refractivity contribution in [2.24, 2.45) is 0 Å². The zero-order chi connectivity index (χ0) is 21.6. The van der Waals surface area contributed by atoms with E-state index in [9.17, 15) is 4.79 Å². The molecule has 31 heavy (non-hydrogen) atoms. The first-order chi connectivity index (χ1) is 15.1. The monoisotopic (exact) mass is 443 g/mol. The first-order valence-electron chi connectivity index (χ1n) is 11.0. The summed E-state index contributed by atoms with van der Waals surface area (Å²) in [5, 5.41) is 3.58. The molecule has 2 amide bonds. The molecule has 2 aliphatic rings. The van der Waals surface area contributed by atoms with Crippen LogP contribution in [0.5, 0.6) is 11.5 Å². The number of urea groups is 1. The predicted octanol–water partition coefficient (Wildman–Crippen LogP) is 5.37. The second-order valence-corrected chi connectivity index (χ2v) is 8.72. The largest absolute Gasteiger partial charge is 0.454 e. The number of piperidine rings is 1. The molecule has 1 fully saturated rings. The van der Waals surface area contributed by atoms with Crippen LogP contribution in [0.2, 0.25) is 5.02 Å². The molecule has 0 aliphatic carbocycles. The predicted molar refractivity (Wildman–Crippen MR) is 123 cm³/mol. The molecule has 6 nitrogen and oxygen atoms in total. The number of rotatable bonds is 7. The first kappa shape index (κ1) is 21.8. The summed E-state index contributed by atoms with van der Waals surface area (Å²) in [4.78, 5) is 17.5. The highest BCUT2D eigenvalue weighted by molar-refractivity contribution is 6.30. The van der Waals surface area contributed by atoms with Crippen molar-refractivity contribution in [1.82, 2.24) is 9.80 Å². The molecule has 1 unspecified atom stereocenters. The topological polar surface area (TPSA) is 54.0 Å². The van der Waals surface area contributed by atoms with E-state index in [-0.39, 0.29) is 12.8 Å². The van der Waals surface area contributed by atoms with Crippen molar-refractivity contribution >= 4 is 23.3 Å². The Hall–Kier alpha value is -2.44. The van der Waals surface area contributed by atoms with Crippen LogP contribution >= 0.6 is 11.6 Å². The number of likely N-dealkylation sites (tertiary alicyclic amines) is 1. The summed E-state index contributed by atoms with van der Waals surface area (Å²) in [7, 11) is 0. The van der Waals surface area contributed by atoms with Gasteiger partial charge in [-0.25, -0.2) is 4.79 Å². The number of amides is 2. The maximum atomic E-state index is 13.1. The van der Waals surface area contributed by atoms with Gasteiger partial charge in [0.1, 0.15) is 0 Å². The second-order valence-electron chi connectivity index (χ2n) is 8.28. The number of nitrogens with zero attached hydrogens (tertiary/aromatic N) is 2. The van der Waals surface area contributed by atoms with Crippen LogP contribution in [0.15, 0.2) is 42.5 Å². The van der Waals surface area contributed by atoms with E-state index in [1.54, 1.807) is 12.1 Å². The number of carbonyl (C=O) groups is 1. The van der Waals surface area contributed by atoms with Crippen molar-refractivity contribution < 1.29 is 14.3 Å². The lowest BCUT2D eigenvalue weighted by atomic mass is 10.0. The molecule has 0 bridgehead atoms. The summed E-state index contributed by atoms with van der Waals surface area (Å²) in [5.41, 5.74) is 1.70. The Morgan fingerprint density at radius 2 is 2.06 bits per heavy atom. The van der Waals surface area contributed by atoms with E-state index in [1.165, 1.54) is 19.3 Å². The van der Waals surface area contributed by atoms with Gasteiger partial charge in [0.25, 0.3) is 0 Å². The Labute approximate surface area is 189 Å². The van der Waals surface area contributed by atoms with Crippen molar-refractivity contribution in [1.29, 1.82) is 0 Å². The molecule has 1 saturated heterocycles. The molecule has 0 saturated carbocycles. The summed E-state index contributed by atoms with van der Waals surface area (Å²) >= 11 is 6.08. The summed E-state index contributed by atoms with van der Waals surface area (Å²) in [5.74, 6) is 1.48. The Bertz CT molecular complexity index is 907. The van der Waals surface area contributed by atoms with Crippen molar-refractivity contribution in [2.75, 3.05) is 31.7 Å². The number of ether oxygens (including phenoxy) is 2. The molecule has 0 radical (unpaired) electrons. The molecule has 7 heteroatoms. The fourth-order valence-electron chi connectivity index (χ4n) is 4.24. The van der Waals surface area contributed by atoms with Gasteiger partial charge in [-0.2, -0.15) is 0 Å². The van der Waals surface area contributed by atoms with E-state index in [0.29, 0.717) is 29.8 Å². The number of carbonyl (C=O) groups excluding carboxylic acids is 1. The van der Waals surface area contributed by atoms with Gasteiger partial charge in [-0.1, -0.05) is 30.2 Å². The number of nitrogens with one attached hydrogen (secondary N) is 1. The van der Waals surface area contributed by atoms with Gasteiger partial charge in [0.15, 0.2) is 11.5 Å². The quantitative estimate of drug-likeness (QED) is 0.625. The number of hydrogen-bond donors (Lipinski definition) is 1. The van der Waals surface area contributed by atoms with Gasteiger partial charge >= 0.3 is 6.03 Å². The van der Waals surface area contributed by atoms with Crippen LogP contribution in [0, 0.1) is 0 Å². The molecule has 2 aromatic rings. The van der Waals surface area contributed by atoms with Gasteiger partial charge in [0.05, 0.1) is 0 Å². The highest BCUT2D eigenvalue weighted by Gasteiger charge is 2.20. The van der Waals surface area contributed by atoms with E-state index >= 15 is 0 Å². The molecular formula is C24H30ClN3O3. The lowest BCUT2D eigenvalue weighted by molar-refractivity contribution is 0.150. The molecule has 4 rings (SSSR count). The standard InChI is InChI=1S/C24H30ClN3O3/c1-18-6-2-3-11-27(18)12-5-13-28(24(29)26-21-8-4-7-20(25)15-21)16-19-9-10-22-23(14-19)31-17-30-22/h4,7-10,14-15,18H,2-3,5-6,11-13,16-17H2,1H3,(H,26,29). The van der Waals surface area contributed by atoms with E-state index < -0.39 is 0 Å². The van der Waals surface area contributed by atoms with E-state index in [4.69, 9.17) is 21.1 Å². The third kappa shape index (κ3) is 5.83. The molecular weight excluding hydrogens is 414 g/mol. The summed E-state index contributed by atoms with van der Waals surface area (Å²) in [6.07, 6.45) is 4.77. The van der Waals surface area contributed by atoms with Crippen LogP contribution in [0.3, 0.4) is 0 Å². The maximum Gasteiger partial charge on any atom is 0.322 e. The van der Waals surface area contributed by atoms with Crippen LogP contribution < -0.4 is 14.8 Å². The molecule has 0 aromatic heterocycles. The van der Waals surface area contributed by atoms with Crippen LogP contribution in [0.1, 0.15) is 38.2 Å². The maximum absolute atomic E-state index is 13.1.